The second-order valence-corrected chi connectivity index (χ2v) is 3.54. The highest BCUT2D eigenvalue weighted by molar-refractivity contribution is 6.24. The van der Waals surface area contributed by atoms with Gasteiger partial charge in [-0.25, -0.2) is 0 Å². The van der Waals surface area contributed by atoms with Gasteiger partial charge >= 0.3 is 0 Å². The first-order valence-electron chi connectivity index (χ1n) is 4.41. The molecule has 68 valence electrons. The van der Waals surface area contributed by atoms with Gasteiger partial charge in [0.1, 0.15) is 5.41 Å². The van der Waals surface area contributed by atoms with Crippen molar-refractivity contribution in [1.29, 1.82) is 0 Å². The van der Waals surface area contributed by atoms with Gasteiger partial charge in [-0.05, 0) is 11.1 Å². The highest BCUT2D eigenvalue weighted by atomic mass is 16.1. The number of carbonyl (C=O) groups excluding carboxylic acids is 1. The van der Waals surface area contributed by atoms with Crippen molar-refractivity contribution in [3.63, 3.8) is 0 Å². The van der Waals surface area contributed by atoms with Crippen LogP contribution < -0.4 is 5.73 Å². The number of amides is 1. The predicted octanol–water partition coefficient (Wildman–Crippen LogP) is 0.849. The molecule has 0 saturated carbocycles. The molecule has 1 atom stereocenters. The lowest BCUT2D eigenvalue weighted by Crippen LogP contribution is -2.48. The van der Waals surface area contributed by atoms with Crippen LogP contribution in [-0.2, 0) is 10.2 Å². The lowest BCUT2D eigenvalue weighted by atomic mass is 9.61. The largest absolute Gasteiger partial charge is 0.368 e. The second-order valence-electron chi connectivity index (χ2n) is 3.54. The van der Waals surface area contributed by atoms with Crippen molar-refractivity contribution in [3.8, 4) is 0 Å². The maximum absolute atomic E-state index is 11.4. The fourth-order valence-corrected chi connectivity index (χ4v) is 2.22. The fourth-order valence-electron chi connectivity index (χ4n) is 2.22. The number of rotatable bonds is 1. The SMILES string of the molecule is NC(=O)C12C=NC=C1c1ccccc12. The summed E-state index contributed by atoms with van der Waals surface area (Å²) >= 11 is 0. The summed E-state index contributed by atoms with van der Waals surface area (Å²) in [6, 6.07) is 7.77. The monoisotopic (exact) mass is 184 g/mol. The molecule has 1 heterocycles. The predicted molar refractivity (Wildman–Crippen MR) is 53.8 cm³/mol. The van der Waals surface area contributed by atoms with Crippen LogP contribution in [0.15, 0.2) is 35.5 Å². The van der Waals surface area contributed by atoms with E-state index in [1.807, 2.05) is 24.3 Å². The van der Waals surface area contributed by atoms with Crippen LogP contribution in [0, 0.1) is 0 Å². The molecule has 0 radical (unpaired) electrons. The van der Waals surface area contributed by atoms with E-state index in [4.69, 9.17) is 5.73 Å². The van der Waals surface area contributed by atoms with Crippen molar-refractivity contribution in [2.75, 3.05) is 0 Å². The van der Waals surface area contributed by atoms with E-state index >= 15 is 0 Å². The molecule has 0 aromatic heterocycles. The van der Waals surface area contributed by atoms with Crippen molar-refractivity contribution in [2.45, 2.75) is 5.41 Å². The number of fused-ring (bicyclic) bond motifs is 4. The van der Waals surface area contributed by atoms with Gasteiger partial charge in [-0.1, -0.05) is 24.3 Å². The van der Waals surface area contributed by atoms with Crippen LogP contribution in [0.2, 0.25) is 0 Å². The van der Waals surface area contributed by atoms with Gasteiger partial charge in [-0.2, -0.15) is 0 Å². The zero-order valence-electron chi connectivity index (χ0n) is 7.40. The molecule has 3 heteroatoms. The van der Waals surface area contributed by atoms with Gasteiger partial charge < -0.3 is 5.73 Å². The molecule has 1 unspecified atom stereocenters. The fraction of sp³-hybridized carbons (Fsp3) is 0.0909. The first kappa shape index (κ1) is 7.50. The standard InChI is InChI=1S/C11H8N2O/c12-10(14)11-6-13-5-9(11)7-3-1-2-4-8(7)11/h1-6H,(H2,12,14). The molecule has 1 aromatic carbocycles. The number of aliphatic imine (C=N–C) groups is 1. The van der Waals surface area contributed by atoms with Crippen LogP contribution in [0.4, 0.5) is 0 Å². The van der Waals surface area contributed by atoms with Gasteiger partial charge in [0, 0.05) is 18.0 Å². The minimum absolute atomic E-state index is 0.344. The van der Waals surface area contributed by atoms with E-state index in [1.165, 1.54) is 0 Å². The van der Waals surface area contributed by atoms with E-state index in [-0.39, 0.29) is 5.91 Å². The maximum Gasteiger partial charge on any atom is 0.238 e. The third-order valence-electron chi connectivity index (χ3n) is 2.93. The Morgan fingerprint density at radius 2 is 2.14 bits per heavy atom. The molecule has 0 saturated heterocycles. The summed E-state index contributed by atoms with van der Waals surface area (Å²) in [5, 5.41) is 0. The Labute approximate surface area is 81.0 Å². The minimum atomic E-state index is -0.726. The number of primary amides is 1. The summed E-state index contributed by atoms with van der Waals surface area (Å²) in [7, 11) is 0. The van der Waals surface area contributed by atoms with E-state index in [0.717, 1.165) is 16.7 Å². The van der Waals surface area contributed by atoms with E-state index in [2.05, 4.69) is 4.99 Å². The second kappa shape index (κ2) is 2.12. The lowest BCUT2D eigenvalue weighted by Gasteiger charge is -2.38. The van der Waals surface area contributed by atoms with Crippen LogP contribution in [0.1, 0.15) is 11.1 Å². The maximum atomic E-state index is 11.4. The summed E-state index contributed by atoms with van der Waals surface area (Å²) in [5.41, 5.74) is 7.68. The summed E-state index contributed by atoms with van der Waals surface area (Å²) in [6.07, 6.45) is 3.35. The van der Waals surface area contributed by atoms with Crippen molar-refractivity contribution < 1.29 is 4.79 Å². The van der Waals surface area contributed by atoms with E-state index in [1.54, 1.807) is 12.4 Å². The minimum Gasteiger partial charge on any atom is -0.368 e. The van der Waals surface area contributed by atoms with Gasteiger partial charge in [0.2, 0.25) is 5.91 Å². The number of nitrogens with zero attached hydrogens (tertiary/aromatic N) is 1. The quantitative estimate of drug-likeness (QED) is 0.691. The van der Waals surface area contributed by atoms with Crippen LogP contribution in [0.3, 0.4) is 0 Å². The third-order valence-corrected chi connectivity index (χ3v) is 2.93. The molecule has 1 aliphatic heterocycles. The smallest absolute Gasteiger partial charge is 0.238 e. The molecule has 0 bridgehead atoms. The third kappa shape index (κ3) is 0.576. The molecule has 1 aromatic rings. The number of benzene rings is 1. The summed E-state index contributed by atoms with van der Waals surface area (Å²) in [5.74, 6) is -0.344. The number of hydrogen-bond acceptors (Lipinski definition) is 2. The number of nitrogens with two attached hydrogens (primary N) is 1. The normalized spacial score (nSPS) is 26.1. The Bertz CT molecular complexity index is 502. The van der Waals surface area contributed by atoms with Crippen molar-refractivity contribution in [2.24, 2.45) is 10.7 Å². The highest BCUT2D eigenvalue weighted by Crippen LogP contribution is 2.51. The van der Waals surface area contributed by atoms with E-state index < -0.39 is 5.41 Å². The average Bonchev–Trinajstić information content (AvgIpc) is 2.54. The van der Waals surface area contributed by atoms with Crippen molar-refractivity contribution in [3.05, 3.63) is 41.6 Å². The molecule has 0 spiro atoms. The first-order chi connectivity index (χ1) is 6.77. The Hall–Kier alpha value is -1.90. The molecule has 3 nitrogen and oxygen atoms in total. The summed E-state index contributed by atoms with van der Waals surface area (Å²) < 4.78 is 0. The van der Waals surface area contributed by atoms with Crippen LogP contribution in [0.5, 0.6) is 0 Å². The Morgan fingerprint density at radius 1 is 1.36 bits per heavy atom. The van der Waals surface area contributed by atoms with Gasteiger partial charge in [-0.3, -0.25) is 9.79 Å². The number of hydrogen-bond donors (Lipinski definition) is 1. The molecule has 2 aliphatic rings. The van der Waals surface area contributed by atoms with Gasteiger partial charge in [0.05, 0.1) is 0 Å². The molecule has 14 heavy (non-hydrogen) atoms. The van der Waals surface area contributed by atoms with Crippen molar-refractivity contribution in [1.82, 2.24) is 0 Å². The zero-order chi connectivity index (χ0) is 9.76. The molecule has 1 amide bonds. The van der Waals surface area contributed by atoms with Crippen LogP contribution in [0.25, 0.3) is 5.57 Å². The summed E-state index contributed by atoms with van der Waals surface area (Å²) in [4.78, 5) is 15.5. The average molecular weight is 184 g/mol. The number of carbonyl (C=O) groups is 1. The Kier molecular flexibility index (Phi) is 1.14. The zero-order valence-corrected chi connectivity index (χ0v) is 7.40. The van der Waals surface area contributed by atoms with E-state index in [9.17, 15) is 4.79 Å². The van der Waals surface area contributed by atoms with Gasteiger partial charge in [0.15, 0.2) is 0 Å². The van der Waals surface area contributed by atoms with Crippen LogP contribution >= 0.6 is 0 Å². The molecule has 1 aliphatic carbocycles. The molecular weight excluding hydrogens is 176 g/mol. The molecule has 2 N–H and O–H groups in total. The molecule has 0 fully saturated rings. The highest BCUT2D eigenvalue weighted by Gasteiger charge is 2.52. The van der Waals surface area contributed by atoms with Crippen LogP contribution in [-0.4, -0.2) is 12.1 Å². The summed E-state index contributed by atoms with van der Waals surface area (Å²) in [6.45, 7) is 0. The van der Waals surface area contributed by atoms with E-state index in [0.29, 0.717) is 0 Å². The Balaban J connectivity index is 2.32. The molecular formula is C11H8N2O. The van der Waals surface area contributed by atoms with Crippen molar-refractivity contribution >= 4 is 17.7 Å². The Morgan fingerprint density at radius 3 is 2.93 bits per heavy atom. The van der Waals surface area contributed by atoms with Gasteiger partial charge in [0.25, 0.3) is 0 Å². The van der Waals surface area contributed by atoms with Gasteiger partial charge in [-0.15, -0.1) is 0 Å². The first-order valence-corrected chi connectivity index (χ1v) is 4.41. The molecule has 3 rings (SSSR count). The topological polar surface area (TPSA) is 55.5 Å². The lowest BCUT2D eigenvalue weighted by molar-refractivity contribution is -0.119.